The zero-order valence-corrected chi connectivity index (χ0v) is 16.5. The van der Waals surface area contributed by atoms with Crippen LogP contribution in [0.3, 0.4) is 0 Å². The molecule has 1 N–H and O–H groups in total. The van der Waals surface area contributed by atoms with E-state index in [0.717, 1.165) is 12.1 Å². The first kappa shape index (κ1) is 17.0. The number of aromatic nitrogens is 1. The highest BCUT2D eigenvalue weighted by Crippen LogP contribution is 2.43. The van der Waals surface area contributed by atoms with Crippen molar-refractivity contribution < 1.29 is 5.11 Å². The summed E-state index contributed by atoms with van der Waals surface area (Å²) in [5.41, 5.74) is 6.84. The number of benzene rings is 2. The Balaban J connectivity index is 1.65. The van der Waals surface area contributed by atoms with Crippen LogP contribution in [0.25, 0.3) is 10.9 Å². The van der Waals surface area contributed by atoms with E-state index in [1.165, 1.54) is 47.2 Å². The standard InChI is InChI=1S/C24H28N2O/c1-16-4-7-19(8-5-16)24(3,27)15-26-21-9-6-17(2)12-20(21)23-18-10-11-25(13-18)14-22(23)26/h4-9,12,18,27H,10-11,13-15H2,1-3H3. The van der Waals surface area contributed by atoms with Crippen LogP contribution >= 0.6 is 0 Å². The molecular formula is C24H28N2O. The molecule has 2 aliphatic rings. The van der Waals surface area contributed by atoms with E-state index in [4.69, 9.17) is 0 Å². The van der Waals surface area contributed by atoms with E-state index in [1.54, 1.807) is 5.56 Å². The first-order valence-corrected chi connectivity index (χ1v) is 10.1. The van der Waals surface area contributed by atoms with Crippen molar-refractivity contribution in [2.75, 3.05) is 13.1 Å². The fourth-order valence-corrected chi connectivity index (χ4v) is 5.09. The zero-order valence-electron chi connectivity index (χ0n) is 16.5. The van der Waals surface area contributed by atoms with Crippen LogP contribution in [0.4, 0.5) is 0 Å². The van der Waals surface area contributed by atoms with Crippen LogP contribution in [0.15, 0.2) is 42.5 Å². The van der Waals surface area contributed by atoms with E-state index in [-0.39, 0.29) is 0 Å². The third-order valence-corrected chi connectivity index (χ3v) is 6.56. The van der Waals surface area contributed by atoms with Gasteiger partial charge >= 0.3 is 0 Å². The highest BCUT2D eigenvalue weighted by Gasteiger charge is 2.37. The van der Waals surface area contributed by atoms with Crippen molar-refractivity contribution in [1.29, 1.82) is 0 Å². The first-order chi connectivity index (χ1) is 12.9. The Kier molecular flexibility index (Phi) is 3.75. The molecule has 0 spiro atoms. The van der Waals surface area contributed by atoms with Crippen LogP contribution < -0.4 is 0 Å². The number of aliphatic hydroxyl groups is 1. The van der Waals surface area contributed by atoms with E-state index in [1.807, 2.05) is 6.92 Å². The summed E-state index contributed by atoms with van der Waals surface area (Å²) in [6.45, 7) is 10.2. The smallest absolute Gasteiger partial charge is 0.105 e. The maximum Gasteiger partial charge on any atom is 0.105 e. The number of hydrogen-bond acceptors (Lipinski definition) is 2. The van der Waals surface area contributed by atoms with E-state index in [9.17, 15) is 5.11 Å². The fourth-order valence-electron chi connectivity index (χ4n) is 5.09. The Hall–Kier alpha value is -2.10. The van der Waals surface area contributed by atoms with Crippen molar-refractivity contribution in [2.24, 2.45) is 0 Å². The summed E-state index contributed by atoms with van der Waals surface area (Å²) in [4.78, 5) is 2.57. The molecule has 1 fully saturated rings. The molecule has 1 aromatic heterocycles. The monoisotopic (exact) mass is 360 g/mol. The molecule has 2 bridgehead atoms. The Labute approximate surface area is 161 Å². The number of aryl methyl sites for hydroxylation is 2. The molecule has 3 heteroatoms. The van der Waals surface area contributed by atoms with Gasteiger partial charge in [-0.2, -0.15) is 0 Å². The zero-order chi connectivity index (χ0) is 18.8. The molecule has 0 aliphatic carbocycles. The highest BCUT2D eigenvalue weighted by atomic mass is 16.3. The second-order valence-electron chi connectivity index (χ2n) is 8.83. The van der Waals surface area contributed by atoms with Crippen molar-refractivity contribution in [3.8, 4) is 0 Å². The van der Waals surface area contributed by atoms with Crippen LogP contribution in [0.2, 0.25) is 0 Å². The van der Waals surface area contributed by atoms with E-state index in [2.05, 4.69) is 65.8 Å². The number of hydrogen-bond donors (Lipinski definition) is 1. The van der Waals surface area contributed by atoms with Crippen LogP contribution in [-0.4, -0.2) is 27.7 Å². The third kappa shape index (κ3) is 2.72. The van der Waals surface area contributed by atoms with Gasteiger partial charge in [0.25, 0.3) is 0 Å². The molecule has 2 aliphatic heterocycles. The van der Waals surface area contributed by atoms with Gasteiger partial charge in [-0.15, -0.1) is 0 Å². The predicted octanol–water partition coefficient (Wildman–Crippen LogP) is 4.47. The first-order valence-electron chi connectivity index (χ1n) is 10.1. The fraction of sp³-hybridized carbons (Fsp3) is 0.417. The maximum atomic E-state index is 11.4. The molecule has 3 unspecified atom stereocenters. The molecule has 3 aromatic rings. The second-order valence-corrected chi connectivity index (χ2v) is 8.83. The molecule has 0 saturated carbocycles. The van der Waals surface area contributed by atoms with Gasteiger partial charge in [0.15, 0.2) is 0 Å². The molecule has 0 amide bonds. The quantitative estimate of drug-likeness (QED) is 0.746. The van der Waals surface area contributed by atoms with E-state index in [0.29, 0.717) is 12.5 Å². The molecule has 140 valence electrons. The van der Waals surface area contributed by atoms with Crippen LogP contribution in [0, 0.1) is 13.8 Å². The molecule has 3 nitrogen and oxygen atoms in total. The number of rotatable bonds is 3. The molecule has 0 radical (unpaired) electrons. The van der Waals surface area contributed by atoms with Gasteiger partial charge in [0.05, 0.1) is 6.54 Å². The molecule has 3 heterocycles. The molecular weight excluding hydrogens is 332 g/mol. The average Bonchev–Trinajstić information content (AvgIpc) is 3.14. The summed E-state index contributed by atoms with van der Waals surface area (Å²) in [7, 11) is 0. The minimum atomic E-state index is -0.899. The summed E-state index contributed by atoms with van der Waals surface area (Å²) >= 11 is 0. The van der Waals surface area contributed by atoms with Crippen molar-refractivity contribution in [3.63, 3.8) is 0 Å². The minimum absolute atomic E-state index is 0.589. The molecule has 27 heavy (non-hydrogen) atoms. The summed E-state index contributed by atoms with van der Waals surface area (Å²) in [5, 5.41) is 12.8. The summed E-state index contributed by atoms with van der Waals surface area (Å²) < 4.78 is 2.40. The summed E-state index contributed by atoms with van der Waals surface area (Å²) in [6, 6.07) is 15.1. The number of nitrogens with zero attached hydrogens (tertiary/aromatic N) is 2. The molecule has 1 saturated heterocycles. The Morgan fingerprint density at radius 1 is 1.07 bits per heavy atom. The number of fused-ring (bicyclic) bond motifs is 6. The lowest BCUT2D eigenvalue weighted by atomic mass is 9.93. The van der Waals surface area contributed by atoms with Gasteiger partial charge in [0, 0.05) is 35.6 Å². The van der Waals surface area contributed by atoms with Crippen molar-refractivity contribution in [1.82, 2.24) is 9.47 Å². The van der Waals surface area contributed by atoms with E-state index >= 15 is 0 Å². The summed E-state index contributed by atoms with van der Waals surface area (Å²) in [6.07, 6.45) is 1.26. The predicted molar refractivity (Wildman–Crippen MR) is 110 cm³/mol. The van der Waals surface area contributed by atoms with Gasteiger partial charge in [0.2, 0.25) is 0 Å². The Bertz CT molecular complexity index is 1010. The summed E-state index contributed by atoms with van der Waals surface area (Å²) in [5.74, 6) is 0.642. The van der Waals surface area contributed by atoms with Gasteiger partial charge in [-0.25, -0.2) is 0 Å². The van der Waals surface area contributed by atoms with Crippen LogP contribution in [0.5, 0.6) is 0 Å². The topological polar surface area (TPSA) is 28.4 Å². The molecule has 2 aromatic carbocycles. The molecule has 3 atom stereocenters. The van der Waals surface area contributed by atoms with Gasteiger partial charge in [-0.3, -0.25) is 4.90 Å². The largest absolute Gasteiger partial charge is 0.384 e. The lowest BCUT2D eigenvalue weighted by molar-refractivity contribution is 0.0381. The SMILES string of the molecule is Cc1ccc(C(C)(O)Cn2c3c(c4cc(C)ccc42)C2CCN(C3)C2)cc1. The highest BCUT2D eigenvalue weighted by molar-refractivity contribution is 5.87. The van der Waals surface area contributed by atoms with E-state index < -0.39 is 5.60 Å². The average molecular weight is 361 g/mol. The molecule has 5 rings (SSSR count). The minimum Gasteiger partial charge on any atom is -0.384 e. The van der Waals surface area contributed by atoms with Gasteiger partial charge < -0.3 is 9.67 Å². The van der Waals surface area contributed by atoms with Crippen molar-refractivity contribution in [2.45, 2.75) is 51.8 Å². The van der Waals surface area contributed by atoms with Gasteiger partial charge in [-0.05, 0) is 57.0 Å². The van der Waals surface area contributed by atoms with Crippen LogP contribution in [-0.2, 0) is 18.7 Å². The lowest BCUT2D eigenvalue weighted by Crippen LogP contribution is -2.31. The van der Waals surface area contributed by atoms with Gasteiger partial charge in [-0.1, -0.05) is 41.5 Å². The Morgan fingerprint density at radius 3 is 2.59 bits per heavy atom. The van der Waals surface area contributed by atoms with Crippen molar-refractivity contribution >= 4 is 10.9 Å². The maximum absolute atomic E-state index is 11.4. The second kappa shape index (κ2) is 5.95. The lowest BCUT2D eigenvalue weighted by Gasteiger charge is -2.29. The van der Waals surface area contributed by atoms with Crippen molar-refractivity contribution in [3.05, 3.63) is 70.4 Å². The van der Waals surface area contributed by atoms with Crippen LogP contribution in [0.1, 0.15) is 47.2 Å². The third-order valence-electron chi connectivity index (χ3n) is 6.56. The Morgan fingerprint density at radius 2 is 1.81 bits per heavy atom. The normalized spacial score (nSPS) is 23.4. The van der Waals surface area contributed by atoms with Gasteiger partial charge in [0.1, 0.15) is 5.60 Å².